The van der Waals surface area contributed by atoms with Gasteiger partial charge in [-0.1, -0.05) is 6.07 Å². The van der Waals surface area contributed by atoms with E-state index in [2.05, 4.69) is 5.32 Å². The summed E-state index contributed by atoms with van der Waals surface area (Å²) < 4.78 is 48.1. The van der Waals surface area contributed by atoms with Crippen LogP contribution in [0.5, 0.6) is 11.5 Å². The first-order valence-electron chi connectivity index (χ1n) is 6.71. The molecule has 1 heterocycles. The zero-order valence-electron chi connectivity index (χ0n) is 12.0. The predicted molar refractivity (Wildman–Crippen MR) is 72.8 cm³/mol. The van der Waals surface area contributed by atoms with E-state index in [9.17, 15) is 13.2 Å². The molecule has 21 heavy (non-hydrogen) atoms. The second kappa shape index (κ2) is 6.53. The summed E-state index contributed by atoms with van der Waals surface area (Å²) in [5.74, 6) is 1.31. The van der Waals surface area contributed by atoms with Gasteiger partial charge in [0.05, 0.1) is 6.54 Å². The lowest BCUT2D eigenvalue weighted by Gasteiger charge is -2.26. The van der Waals surface area contributed by atoms with Crippen LogP contribution in [0.4, 0.5) is 13.2 Å². The standard InChI is InChI=1S/C14H19F3N2O2/c1-18-11(8-19(2)9-14(15,16)17)10-3-4-12-13(7-10)21-6-5-20-12/h3-4,7,11,18H,5-6,8-9H2,1-2H3. The Hall–Kier alpha value is -1.47. The molecule has 4 nitrogen and oxygen atoms in total. The largest absolute Gasteiger partial charge is 0.486 e. The summed E-state index contributed by atoms with van der Waals surface area (Å²) in [6.07, 6.45) is -4.19. The van der Waals surface area contributed by atoms with Crippen LogP contribution in [-0.2, 0) is 0 Å². The summed E-state index contributed by atoms with van der Waals surface area (Å²) >= 11 is 0. The number of nitrogens with zero attached hydrogens (tertiary/aromatic N) is 1. The fourth-order valence-corrected chi connectivity index (χ4v) is 2.32. The average Bonchev–Trinajstić information content (AvgIpc) is 2.42. The summed E-state index contributed by atoms with van der Waals surface area (Å²) in [6, 6.07) is 5.23. The molecule has 0 saturated heterocycles. The van der Waals surface area contributed by atoms with E-state index in [0.717, 1.165) is 5.56 Å². The highest BCUT2D eigenvalue weighted by Gasteiger charge is 2.30. The molecule has 0 radical (unpaired) electrons. The van der Waals surface area contributed by atoms with Crippen molar-refractivity contribution in [3.63, 3.8) is 0 Å². The summed E-state index contributed by atoms with van der Waals surface area (Å²) in [7, 11) is 3.18. The van der Waals surface area contributed by atoms with Gasteiger partial charge in [-0.15, -0.1) is 0 Å². The summed E-state index contributed by atoms with van der Waals surface area (Å²) in [5.41, 5.74) is 0.871. The maximum Gasteiger partial charge on any atom is 0.401 e. The van der Waals surface area contributed by atoms with Crippen molar-refractivity contribution < 1.29 is 22.6 Å². The molecule has 118 valence electrons. The van der Waals surface area contributed by atoms with Crippen LogP contribution < -0.4 is 14.8 Å². The molecule has 0 bridgehead atoms. The minimum atomic E-state index is -4.19. The molecular weight excluding hydrogens is 285 g/mol. The van der Waals surface area contributed by atoms with E-state index in [0.29, 0.717) is 24.7 Å². The minimum absolute atomic E-state index is 0.215. The third-order valence-electron chi connectivity index (χ3n) is 3.26. The number of fused-ring (bicyclic) bond motifs is 1. The van der Waals surface area contributed by atoms with E-state index in [1.54, 1.807) is 13.1 Å². The van der Waals surface area contributed by atoms with Crippen LogP contribution >= 0.6 is 0 Å². The zero-order chi connectivity index (χ0) is 15.5. The Morgan fingerprint density at radius 1 is 1.24 bits per heavy atom. The topological polar surface area (TPSA) is 33.7 Å². The number of alkyl halides is 3. The van der Waals surface area contributed by atoms with Crippen molar-refractivity contribution in [3.8, 4) is 11.5 Å². The maximum absolute atomic E-state index is 12.4. The monoisotopic (exact) mass is 304 g/mol. The number of hydrogen-bond acceptors (Lipinski definition) is 4. The lowest BCUT2D eigenvalue weighted by Crippen LogP contribution is -2.37. The number of benzene rings is 1. The molecule has 0 aromatic heterocycles. The van der Waals surface area contributed by atoms with Crippen LogP contribution in [0.25, 0.3) is 0 Å². The van der Waals surface area contributed by atoms with Gasteiger partial charge >= 0.3 is 6.18 Å². The number of hydrogen-bond donors (Lipinski definition) is 1. The quantitative estimate of drug-likeness (QED) is 0.904. The summed E-state index contributed by atoms with van der Waals surface area (Å²) in [5, 5.41) is 3.04. The maximum atomic E-state index is 12.4. The van der Waals surface area contributed by atoms with Crippen molar-refractivity contribution in [1.82, 2.24) is 10.2 Å². The second-order valence-electron chi connectivity index (χ2n) is 5.06. The highest BCUT2D eigenvalue weighted by atomic mass is 19.4. The number of halogens is 3. The van der Waals surface area contributed by atoms with Gasteiger partial charge in [0.25, 0.3) is 0 Å². The van der Waals surface area contributed by atoms with Gasteiger partial charge in [0.15, 0.2) is 11.5 Å². The highest BCUT2D eigenvalue weighted by Crippen LogP contribution is 2.32. The molecule has 0 saturated carbocycles. The number of nitrogens with one attached hydrogen (secondary N) is 1. The molecule has 7 heteroatoms. The van der Waals surface area contributed by atoms with E-state index in [-0.39, 0.29) is 12.6 Å². The average molecular weight is 304 g/mol. The summed E-state index contributed by atoms with van der Waals surface area (Å²) in [6.45, 7) is 0.302. The minimum Gasteiger partial charge on any atom is -0.486 e. The number of rotatable bonds is 5. The van der Waals surface area contributed by atoms with Crippen molar-refractivity contribution in [2.75, 3.05) is 40.4 Å². The Bertz CT molecular complexity index is 480. The smallest absolute Gasteiger partial charge is 0.401 e. The van der Waals surface area contributed by atoms with Crippen LogP contribution in [-0.4, -0.2) is 51.5 Å². The Balaban J connectivity index is 2.07. The molecule has 1 aliphatic rings. The molecule has 0 spiro atoms. The van der Waals surface area contributed by atoms with E-state index in [1.165, 1.54) is 11.9 Å². The lowest BCUT2D eigenvalue weighted by molar-refractivity contribution is -0.143. The highest BCUT2D eigenvalue weighted by molar-refractivity contribution is 5.44. The van der Waals surface area contributed by atoms with Gasteiger partial charge in [-0.05, 0) is 31.8 Å². The third-order valence-corrected chi connectivity index (χ3v) is 3.26. The van der Waals surface area contributed by atoms with Crippen LogP contribution in [0.3, 0.4) is 0 Å². The van der Waals surface area contributed by atoms with Gasteiger partial charge in [0, 0.05) is 12.6 Å². The molecule has 2 rings (SSSR count). The first kappa shape index (κ1) is 15.9. The van der Waals surface area contributed by atoms with Gasteiger partial charge in [-0.3, -0.25) is 4.90 Å². The molecule has 1 aromatic rings. The van der Waals surface area contributed by atoms with Gasteiger partial charge in [-0.25, -0.2) is 0 Å². The molecule has 1 N–H and O–H groups in total. The SMILES string of the molecule is CNC(CN(C)CC(F)(F)F)c1ccc2c(c1)OCCO2. The van der Waals surface area contributed by atoms with Crippen LogP contribution in [0.2, 0.25) is 0 Å². The van der Waals surface area contributed by atoms with E-state index in [4.69, 9.17) is 9.47 Å². The van der Waals surface area contributed by atoms with E-state index >= 15 is 0 Å². The molecule has 0 amide bonds. The van der Waals surface area contributed by atoms with Gasteiger partial charge < -0.3 is 14.8 Å². The predicted octanol–water partition coefficient (Wildman–Crippen LogP) is 2.21. The molecule has 0 fully saturated rings. The number of likely N-dealkylation sites (N-methyl/N-ethyl adjacent to an activating group) is 2. The van der Waals surface area contributed by atoms with Crippen LogP contribution in [0.1, 0.15) is 11.6 Å². The number of ether oxygens (including phenoxy) is 2. The normalized spacial score (nSPS) is 16.1. The van der Waals surface area contributed by atoms with Gasteiger partial charge in [0.1, 0.15) is 13.2 Å². The Labute approximate surface area is 121 Å². The first-order valence-corrected chi connectivity index (χ1v) is 6.71. The lowest BCUT2D eigenvalue weighted by atomic mass is 10.1. The molecule has 1 aliphatic heterocycles. The fourth-order valence-electron chi connectivity index (χ4n) is 2.32. The van der Waals surface area contributed by atoms with Gasteiger partial charge in [0.2, 0.25) is 0 Å². The van der Waals surface area contributed by atoms with Crippen LogP contribution in [0, 0.1) is 0 Å². The van der Waals surface area contributed by atoms with Crippen molar-refractivity contribution in [3.05, 3.63) is 23.8 Å². The van der Waals surface area contributed by atoms with Crippen LogP contribution in [0.15, 0.2) is 18.2 Å². The molecule has 0 aliphatic carbocycles. The molecule has 1 atom stereocenters. The molecular formula is C14H19F3N2O2. The van der Waals surface area contributed by atoms with Crippen molar-refractivity contribution in [2.24, 2.45) is 0 Å². The Morgan fingerprint density at radius 2 is 1.90 bits per heavy atom. The van der Waals surface area contributed by atoms with E-state index in [1.807, 2.05) is 12.1 Å². The van der Waals surface area contributed by atoms with Crippen molar-refractivity contribution in [2.45, 2.75) is 12.2 Å². The van der Waals surface area contributed by atoms with Crippen molar-refractivity contribution >= 4 is 0 Å². The molecule has 1 aromatic carbocycles. The molecule has 1 unspecified atom stereocenters. The zero-order valence-corrected chi connectivity index (χ0v) is 12.0. The third kappa shape index (κ3) is 4.50. The Kier molecular flexibility index (Phi) is 4.95. The van der Waals surface area contributed by atoms with Gasteiger partial charge in [-0.2, -0.15) is 13.2 Å². The van der Waals surface area contributed by atoms with E-state index < -0.39 is 12.7 Å². The fraction of sp³-hybridized carbons (Fsp3) is 0.571. The van der Waals surface area contributed by atoms with Crippen molar-refractivity contribution in [1.29, 1.82) is 0 Å². The second-order valence-corrected chi connectivity index (χ2v) is 5.06. The Morgan fingerprint density at radius 3 is 2.52 bits per heavy atom. The first-order chi connectivity index (χ1) is 9.89. The summed E-state index contributed by atoms with van der Waals surface area (Å²) in [4.78, 5) is 1.25.